The second-order valence-corrected chi connectivity index (χ2v) is 6.90. The molecule has 0 spiro atoms. The average Bonchev–Trinajstić information content (AvgIpc) is 2.54. The molecule has 3 nitrogen and oxygen atoms in total. The second kappa shape index (κ2) is 6.09. The van der Waals surface area contributed by atoms with E-state index in [1.807, 2.05) is 25.4 Å². The maximum Gasteiger partial charge on any atom is 0.0939 e. The first kappa shape index (κ1) is 15.6. The number of hydrogen-bond donors (Lipinski definition) is 1. The molecule has 3 heteroatoms. The Kier molecular flexibility index (Phi) is 4.14. The van der Waals surface area contributed by atoms with E-state index < -0.39 is 0 Å². The number of rotatable bonds is 3. The van der Waals surface area contributed by atoms with Crippen LogP contribution in [-0.2, 0) is 12.0 Å². The summed E-state index contributed by atoms with van der Waals surface area (Å²) in [4.78, 5) is 9.49. The Bertz CT molecular complexity index is 832. The van der Waals surface area contributed by atoms with Crippen LogP contribution in [0.5, 0.6) is 0 Å². The number of aromatic nitrogens is 2. The lowest BCUT2D eigenvalue weighted by atomic mass is 9.86. The van der Waals surface area contributed by atoms with Gasteiger partial charge in [-0.1, -0.05) is 51.1 Å². The molecular formula is C20H23N3. The van der Waals surface area contributed by atoms with Gasteiger partial charge < -0.3 is 5.32 Å². The van der Waals surface area contributed by atoms with E-state index in [2.05, 4.69) is 61.4 Å². The van der Waals surface area contributed by atoms with E-state index in [1.165, 1.54) is 11.1 Å². The van der Waals surface area contributed by atoms with E-state index in [9.17, 15) is 0 Å². The normalized spacial score (nSPS) is 11.8. The quantitative estimate of drug-likeness (QED) is 0.783. The van der Waals surface area contributed by atoms with Gasteiger partial charge in [0.1, 0.15) is 0 Å². The molecule has 0 radical (unpaired) electrons. The summed E-state index contributed by atoms with van der Waals surface area (Å²) in [6, 6.07) is 14.7. The molecule has 1 heterocycles. The van der Waals surface area contributed by atoms with E-state index in [0.29, 0.717) is 0 Å². The molecule has 3 aromatic rings. The Balaban J connectivity index is 2.12. The second-order valence-electron chi connectivity index (χ2n) is 6.90. The number of fused-ring (bicyclic) bond motifs is 1. The molecule has 118 valence electrons. The highest BCUT2D eigenvalue weighted by atomic mass is 14.8. The van der Waals surface area contributed by atoms with Crippen molar-refractivity contribution in [1.82, 2.24) is 15.3 Å². The monoisotopic (exact) mass is 305 g/mol. The molecule has 0 fully saturated rings. The summed E-state index contributed by atoms with van der Waals surface area (Å²) in [6.07, 6.45) is 1.87. The van der Waals surface area contributed by atoms with Gasteiger partial charge in [0.2, 0.25) is 0 Å². The zero-order chi connectivity index (χ0) is 16.4. The van der Waals surface area contributed by atoms with Crippen LogP contribution in [0.2, 0.25) is 0 Å². The Morgan fingerprint density at radius 2 is 1.83 bits per heavy atom. The summed E-state index contributed by atoms with van der Waals surface area (Å²) < 4.78 is 0. The van der Waals surface area contributed by atoms with Gasteiger partial charge in [0.05, 0.1) is 22.9 Å². The predicted octanol–water partition coefficient (Wildman–Crippen LogP) is 4.31. The zero-order valence-electron chi connectivity index (χ0n) is 14.2. The van der Waals surface area contributed by atoms with Crippen LogP contribution in [0.3, 0.4) is 0 Å². The highest BCUT2D eigenvalue weighted by molar-refractivity contribution is 5.80. The minimum Gasteiger partial charge on any atom is -0.316 e. The van der Waals surface area contributed by atoms with Crippen LogP contribution in [0.25, 0.3) is 22.3 Å². The Morgan fingerprint density at radius 3 is 2.57 bits per heavy atom. The zero-order valence-corrected chi connectivity index (χ0v) is 14.2. The SMILES string of the molecule is CNCc1cccc2ncc(-c3cccc(C(C)(C)C)c3)nc12. The van der Waals surface area contributed by atoms with Crippen molar-refractivity contribution in [1.29, 1.82) is 0 Å². The summed E-state index contributed by atoms with van der Waals surface area (Å²) in [5, 5.41) is 3.20. The highest BCUT2D eigenvalue weighted by Crippen LogP contribution is 2.27. The van der Waals surface area contributed by atoms with Crippen LogP contribution in [0, 0.1) is 0 Å². The fourth-order valence-corrected chi connectivity index (χ4v) is 2.71. The van der Waals surface area contributed by atoms with Crippen molar-refractivity contribution in [3.63, 3.8) is 0 Å². The van der Waals surface area contributed by atoms with Gasteiger partial charge in [0, 0.05) is 12.1 Å². The van der Waals surface area contributed by atoms with Gasteiger partial charge >= 0.3 is 0 Å². The van der Waals surface area contributed by atoms with Gasteiger partial charge in [-0.05, 0) is 35.7 Å². The molecule has 2 aromatic carbocycles. The van der Waals surface area contributed by atoms with Crippen LogP contribution in [0.15, 0.2) is 48.7 Å². The molecule has 0 unspecified atom stereocenters. The number of para-hydroxylation sites is 1. The molecule has 0 aliphatic heterocycles. The fraction of sp³-hybridized carbons (Fsp3) is 0.300. The molecule has 0 aliphatic carbocycles. The number of benzene rings is 2. The molecule has 1 N–H and O–H groups in total. The lowest BCUT2D eigenvalue weighted by molar-refractivity contribution is 0.590. The predicted molar refractivity (Wildman–Crippen MR) is 96.4 cm³/mol. The molecule has 3 rings (SSSR count). The van der Waals surface area contributed by atoms with E-state index in [1.54, 1.807) is 0 Å². The van der Waals surface area contributed by atoms with Crippen molar-refractivity contribution >= 4 is 11.0 Å². The van der Waals surface area contributed by atoms with Crippen molar-refractivity contribution in [2.24, 2.45) is 0 Å². The minimum absolute atomic E-state index is 0.123. The first-order valence-corrected chi connectivity index (χ1v) is 7.99. The van der Waals surface area contributed by atoms with Crippen molar-refractivity contribution in [2.45, 2.75) is 32.7 Å². The van der Waals surface area contributed by atoms with Gasteiger partial charge in [0.25, 0.3) is 0 Å². The molecule has 0 amide bonds. The maximum absolute atomic E-state index is 4.88. The number of nitrogens with zero attached hydrogens (tertiary/aromatic N) is 2. The van der Waals surface area contributed by atoms with E-state index in [4.69, 9.17) is 4.98 Å². The first-order valence-electron chi connectivity index (χ1n) is 7.99. The van der Waals surface area contributed by atoms with Crippen LogP contribution in [0.4, 0.5) is 0 Å². The van der Waals surface area contributed by atoms with Crippen LogP contribution >= 0.6 is 0 Å². The van der Waals surface area contributed by atoms with Gasteiger partial charge in [0.15, 0.2) is 0 Å². The summed E-state index contributed by atoms with van der Waals surface area (Å²) in [6.45, 7) is 7.47. The molecular weight excluding hydrogens is 282 g/mol. The van der Waals surface area contributed by atoms with Crippen molar-refractivity contribution in [2.75, 3.05) is 7.05 Å². The molecule has 0 bridgehead atoms. The molecule has 0 saturated heterocycles. The number of hydrogen-bond acceptors (Lipinski definition) is 3. The third-order valence-electron chi connectivity index (χ3n) is 4.05. The highest BCUT2D eigenvalue weighted by Gasteiger charge is 2.14. The molecule has 0 atom stereocenters. The summed E-state index contributed by atoms with van der Waals surface area (Å²) >= 11 is 0. The maximum atomic E-state index is 4.88. The lowest BCUT2D eigenvalue weighted by Gasteiger charge is -2.19. The topological polar surface area (TPSA) is 37.8 Å². The Labute approximate surface area is 137 Å². The van der Waals surface area contributed by atoms with Crippen molar-refractivity contribution in [3.05, 3.63) is 59.8 Å². The molecule has 1 aromatic heterocycles. The Morgan fingerprint density at radius 1 is 1.04 bits per heavy atom. The smallest absolute Gasteiger partial charge is 0.0939 e. The van der Waals surface area contributed by atoms with Gasteiger partial charge in [-0.3, -0.25) is 4.98 Å². The summed E-state index contributed by atoms with van der Waals surface area (Å²) in [7, 11) is 1.95. The Hall–Kier alpha value is -2.26. The van der Waals surface area contributed by atoms with Crippen LogP contribution < -0.4 is 5.32 Å². The van der Waals surface area contributed by atoms with Crippen molar-refractivity contribution < 1.29 is 0 Å². The summed E-state index contributed by atoms with van der Waals surface area (Å²) in [5.41, 5.74) is 6.55. The fourth-order valence-electron chi connectivity index (χ4n) is 2.71. The molecule has 0 saturated carbocycles. The molecule has 0 aliphatic rings. The van der Waals surface area contributed by atoms with E-state index in [-0.39, 0.29) is 5.41 Å². The first-order chi connectivity index (χ1) is 11.0. The average molecular weight is 305 g/mol. The minimum atomic E-state index is 0.123. The standard InChI is InChI=1S/C20H23N3/c1-20(2,3)16-9-5-7-14(11-16)18-13-22-17-10-6-8-15(12-21-4)19(17)23-18/h5-11,13,21H,12H2,1-4H3. The lowest BCUT2D eigenvalue weighted by Crippen LogP contribution is -2.10. The third kappa shape index (κ3) is 3.25. The third-order valence-corrected chi connectivity index (χ3v) is 4.05. The van der Waals surface area contributed by atoms with Crippen LogP contribution in [-0.4, -0.2) is 17.0 Å². The van der Waals surface area contributed by atoms with E-state index in [0.717, 1.165) is 28.8 Å². The van der Waals surface area contributed by atoms with Crippen molar-refractivity contribution in [3.8, 4) is 11.3 Å². The summed E-state index contributed by atoms with van der Waals surface area (Å²) in [5.74, 6) is 0. The van der Waals surface area contributed by atoms with Gasteiger partial charge in [-0.15, -0.1) is 0 Å². The number of nitrogens with one attached hydrogen (secondary N) is 1. The van der Waals surface area contributed by atoms with Gasteiger partial charge in [-0.25, -0.2) is 4.98 Å². The van der Waals surface area contributed by atoms with Gasteiger partial charge in [-0.2, -0.15) is 0 Å². The van der Waals surface area contributed by atoms with E-state index >= 15 is 0 Å². The van der Waals surface area contributed by atoms with Crippen LogP contribution in [0.1, 0.15) is 31.9 Å². The largest absolute Gasteiger partial charge is 0.316 e. The molecule has 23 heavy (non-hydrogen) atoms.